The summed E-state index contributed by atoms with van der Waals surface area (Å²) in [6.07, 6.45) is 7.13. The monoisotopic (exact) mass is 640 g/mol. The van der Waals surface area contributed by atoms with E-state index < -0.39 is 27.7 Å². The van der Waals surface area contributed by atoms with Gasteiger partial charge in [0.25, 0.3) is 0 Å². The number of nitrogens with one attached hydrogen (secondary N) is 2. The average Bonchev–Trinajstić information content (AvgIpc) is 3.05. The molecule has 11 heteroatoms. The maximum Gasteiger partial charge on any atom is 0.248 e. The lowest BCUT2D eigenvalue weighted by molar-refractivity contribution is -0.166. The van der Waals surface area contributed by atoms with Crippen LogP contribution in [0.15, 0.2) is 48.5 Å². The van der Waals surface area contributed by atoms with Crippen LogP contribution in [-0.4, -0.2) is 78.2 Å². The standard InChI is InChI=1S/C34H48N4O6S/c1-3-5-21-38-32(40)30(31(39)26-9-7-6-8-10-26)35-33(41)34(38)19-22-37(23-20-34)24-25-11-15-28(16-12-25)44-29-17-13-27(14-18-29)36-45(42,43)4-2/h11-18,26,30-31,36,39H,3-10,19-24H2,1-2H3,(H,35,41)/t30-,31-/m1/s1. The summed E-state index contributed by atoms with van der Waals surface area (Å²) >= 11 is 0. The molecule has 45 heavy (non-hydrogen) atoms. The van der Waals surface area contributed by atoms with Crippen molar-refractivity contribution in [3.63, 3.8) is 0 Å². The van der Waals surface area contributed by atoms with E-state index in [4.69, 9.17) is 4.74 Å². The number of benzene rings is 2. The predicted molar refractivity (Wildman–Crippen MR) is 174 cm³/mol. The molecule has 3 fully saturated rings. The van der Waals surface area contributed by atoms with E-state index in [1.165, 1.54) is 0 Å². The van der Waals surface area contributed by atoms with Crippen molar-refractivity contribution >= 4 is 27.5 Å². The number of rotatable bonds is 12. The minimum absolute atomic E-state index is 0.00802. The number of aliphatic hydroxyl groups is 1. The summed E-state index contributed by atoms with van der Waals surface area (Å²) in [4.78, 5) is 31.7. The number of likely N-dealkylation sites (tertiary alicyclic amines) is 1. The van der Waals surface area contributed by atoms with Crippen LogP contribution in [0.5, 0.6) is 11.5 Å². The van der Waals surface area contributed by atoms with Crippen LogP contribution in [0.1, 0.15) is 77.2 Å². The predicted octanol–water partition coefficient (Wildman–Crippen LogP) is 4.64. The number of carbonyl (C=O) groups excluding carboxylic acids is 2. The van der Waals surface area contributed by atoms with E-state index in [1.54, 1.807) is 31.2 Å². The fourth-order valence-corrected chi connectivity index (χ4v) is 7.58. The van der Waals surface area contributed by atoms with Crippen molar-refractivity contribution in [2.24, 2.45) is 5.92 Å². The number of hydrogen-bond donors (Lipinski definition) is 3. The fourth-order valence-electron chi connectivity index (χ4n) is 6.94. The van der Waals surface area contributed by atoms with Crippen molar-refractivity contribution in [3.05, 3.63) is 54.1 Å². The number of piperazine rings is 1. The Morgan fingerprint density at radius 3 is 2.20 bits per heavy atom. The average molecular weight is 641 g/mol. The van der Waals surface area contributed by atoms with Crippen LogP contribution in [0, 0.1) is 5.92 Å². The quantitative estimate of drug-likeness (QED) is 0.308. The van der Waals surface area contributed by atoms with Gasteiger partial charge in [-0.1, -0.05) is 44.7 Å². The molecular formula is C34H48N4O6S. The minimum Gasteiger partial charge on any atom is -0.457 e. The number of anilines is 1. The molecule has 2 aliphatic heterocycles. The smallest absolute Gasteiger partial charge is 0.248 e. The highest BCUT2D eigenvalue weighted by Gasteiger charge is 2.55. The highest BCUT2D eigenvalue weighted by atomic mass is 32.2. The van der Waals surface area contributed by atoms with Crippen LogP contribution in [0.4, 0.5) is 5.69 Å². The molecule has 0 radical (unpaired) electrons. The van der Waals surface area contributed by atoms with Gasteiger partial charge < -0.3 is 20.1 Å². The molecule has 2 heterocycles. The molecule has 3 N–H and O–H groups in total. The lowest BCUT2D eigenvalue weighted by Crippen LogP contribution is -2.75. The molecule has 5 rings (SSSR count). The van der Waals surface area contributed by atoms with Gasteiger partial charge in [0.15, 0.2) is 0 Å². The number of hydrogen-bond acceptors (Lipinski definition) is 7. The number of piperidine rings is 1. The first-order valence-corrected chi connectivity index (χ1v) is 18.2. The van der Waals surface area contributed by atoms with E-state index >= 15 is 0 Å². The summed E-state index contributed by atoms with van der Waals surface area (Å²) in [5, 5.41) is 14.2. The lowest BCUT2D eigenvalue weighted by atomic mass is 9.78. The van der Waals surface area contributed by atoms with Crippen LogP contribution < -0.4 is 14.8 Å². The number of unbranched alkanes of at least 4 members (excludes halogenated alkanes) is 1. The Kier molecular flexibility index (Phi) is 10.7. The largest absolute Gasteiger partial charge is 0.457 e. The number of carbonyl (C=O) groups is 2. The molecule has 246 valence electrons. The Morgan fingerprint density at radius 2 is 1.60 bits per heavy atom. The number of nitrogens with zero attached hydrogens (tertiary/aromatic N) is 2. The zero-order valence-electron chi connectivity index (χ0n) is 26.5. The number of aliphatic hydroxyl groups excluding tert-OH is 1. The number of sulfonamides is 1. The molecular weight excluding hydrogens is 592 g/mol. The van der Waals surface area contributed by atoms with Crippen molar-refractivity contribution in [3.8, 4) is 11.5 Å². The summed E-state index contributed by atoms with van der Waals surface area (Å²) in [7, 11) is -3.33. The van der Waals surface area contributed by atoms with Gasteiger partial charge >= 0.3 is 0 Å². The Balaban J connectivity index is 1.18. The van der Waals surface area contributed by atoms with E-state index in [9.17, 15) is 23.1 Å². The molecule has 0 unspecified atom stereocenters. The molecule has 2 aromatic rings. The van der Waals surface area contributed by atoms with E-state index in [2.05, 4.69) is 21.9 Å². The molecule has 0 bridgehead atoms. The third-order valence-electron chi connectivity index (χ3n) is 9.72. The van der Waals surface area contributed by atoms with Crippen LogP contribution >= 0.6 is 0 Å². The van der Waals surface area contributed by atoms with E-state index in [-0.39, 0.29) is 23.5 Å². The van der Waals surface area contributed by atoms with E-state index in [0.29, 0.717) is 49.7 Å². The van der Waals surface area contributed by atoms with E-state index in [1.807, 2.05) is 29.2 Å². The van der Waals surface area contributed by atoms with Crippen LogP contribution in [0.2, 0.25) is 0 Å². The maximum absolute atomic E-state index is 13.9. The van der Waals surface area contributed by atoms with Crippen molar-refractivity contribution in [2.45, 2.75) is 95.9 Å². The van der Waals surface area contributed by atoms with Crippen LogP contribution in [0.25, 0.3) is 0 Å². The van der Waals surface area contributed by atoms with Crippen molar-refractivity contribution in [1.82, 2.24) is 15.1 Å². The van der Waals surface area contributed by atoms with Gasteiger partial charge in [0.2, 0.25) is 21.8 Å². The second-order valence-electron chi connectivity index (χ2n) is 12.8. The molecule has 2 aromatic carbocycles. The van der Waals surface area contributed by atoms with Gasteiger partial charge in [-0.3, -0.25) is 19.2 Å². The molecule has 1 aliphatic carbocycles. The first-order chi connectivity index (χ1) is 21.6. The fraction of sp³-hybridized carbons (Fsp3) is 0.588. The van der Waals surface area contributed by atoms with Gasteiger partial charge in [-0.05, 0) is 86.9 Å². The Labute approximate surface area is 267 Å². The third kappa shape index (κ3) is 7.81. The maximum atomic E-state index is 13.9. The molecule has 2 amide bonds. The molecule has 1 spiro atoms. The SMILES string of the molecule is CCCCN1C(=O)[C@@H]([C@H](O)C2CCCCC2)NC(=O)C12CCN(Cc1ccc(Oc3ccc(NS(=O)(=O)CC)cc3)cc1)CC2. The molecule has 2 atom stereocenters. The van der Waals surface area contributed by atoms with Crippen molar-refractivity contribution in [1.29, 1.82) is 0 Å². The molecule has 10 nitrogen and oxygen atoms in total. The first kappa shape index (κ1) is 33.2. The Morgan fingerprint density at radius 1 is 0.978 bits per heavy atom. The van der Waals surface area contributed by atoms with Gasteiger partial charge in [0.05, 0.1) is 11.9 Å². The topological polar surface area (TPSA) is 128 Å². The van der Waals surface area contributed by atoms with Gasteiger partial charge in [-0.2, -0.15) is 0 Å². The molecule has 3 aliphatic rings. The first-order valence-electron chi connectivity index (χ1n) is 16.5. The van der Waals surface area contributed by atoms with Gasteiger partial charge in [-0.25, -0.2) is 8.42 Å². The second-order valence-corrected chi connectivity index (χ2v) is 14.8. The summed E-state index contributed by atoms with van der Waals surface area (Å²) in [5.74, 6) is 1.10. The molecule has 0 aromatic heterocycles. The number of amides is 2. The zero-order valence-corrected chi connectivity index (χ0v) is 27.4. The summed E-state index contributed by atoms with van der Waals surface area (Å²) in [5.41, 5.74) is 0.739. The Hall–Kier alpha value is -3.15. The summed E-state index contributed by atoms with van der Waals surface area (Å²) < 4.78 is 32.0. The Bertz CT molecular complexity index is 1400. The van der Waals surface area contributed by atoms with E-state index in [0.717, 1.165) is 57.1 Å². The second kappa shape index (κ2) is 14.5. The summed E-state index contributed by atoms with van der Waals surface area (Å²) in [6, 6.07) is 13.8. The van der Waals surface area contributed by atoms with Crippen molar-refractivity contribution < 1.29 is 27.9 Å². The van der Waals surface area contributed by atoms with Gasteiger partial charge in [-0.15, -0.1) is 0 Å². The lowest BCUT2D eigenvalue weighted by Gasteiger charge is -2.52. The minimum atomic E-state index is -3.33. The number of ether oxygens (including phenoxy) is 1. The normalized spacial score (nSPS) is 21.8. The van der Waals surface area contributed by atoms with Crippen molar-refractivity contribution in [2.75, 3.05) is 30.1 Å². The third-order valence-corrected chi connectivity index (χ3v) is 11.0. The molecule has 1 saturated carbocycles. The molecule has 2 saturated heterocycles. The highest BCUT2D eigenvalue weighted by Crippen LogP contribution is 2.36. The zero-order chi connectivity index (χ0) is 32.0. The van der Waals surface area contributed by atoms with Gasteiger partial charge in [0.1, 0.15) is 23.1 Å². The summed E-state index contributed by atoms with van der Waals surface area (Å²) in [6.45, 7) is 6.30. The van der Waals surface area contributed by atoms with Crippen LogP contribution in [0.3, 0.4) is 0 Å². The highest BCUT2D eigenvalue weighted by molar-refractivity contribution is 7.92. The van der Waals surface area contributed by atoms with Crippen LogP contribution in [-0.2, 0) is 26.2 Å². The van der Waals surface area contributed by atoms with Gasteiger partial charge in [0, 0.05) is 31.9 Å².